The van der Waals surface area contributed by atoms with Gasteiger partial charge in [0.2, 0.25) is 0 Å². The van der Waals surface area contributed by atoms with Crippen molar-refractivity contribution >= 4 is 12.0 Å². The van der Waals surface area contributed by atoms with Gasteiger partial charge in [-0.3, -0.25) is 4.57 Å². The van der Waals surface area contributed by atoms with E-state index in [-0.39, 0.29) is 30.7 Å². The van der Waals surface area contributed by atoms with Crippen molar-refractivity contribution in [3.05, 3.63) is 22.7 Å². The summed E-state index contributed by atoms with van der Waals surface area (Å²) in [5.41, 5.74) is 4.99. The maximum atomic E-state index is 11.6. The summed E-state index contributed by atoms with van der Waals surface area (Å²) in [4.78, 5) is 23.8. The monoisotopic (exact) mass is 287 g/mol. The Morgan fingerprint density at radius 1 is 1.60 bits per heavy atom. The highest BCUT2D eigenvalue weighted by Gasteiger charge is 2.33. The maximum Gasteiger partial charge on any atom is 0.503 e. The van der Waals surface area contributed by atoms with Crippen molar-refractivity contribution in [3.8, 4) is 0 Å². The summed E-state index contributed by atoms with van der Waals surface area (Å²) >= 11 is 0. The van der Waals surface area contributed by atoms with E-state index >= 15 is 0 Å². The van der Waals surface area contributed by atoms with Crippen LogP contribution in [0.5, 0.6) is 0 Å². The van der Waals surface area contributed by atoms with Crippen LogP contribution in [0.25, 0.3) is 0 Å². The number of aliphatic hydroxyl groups excluding tert-OH is 1. The number of carboxylic acid groups (broad SMARTS) is 2. The normalized spacial score (nSPS) is 24.8. The second kappa shape index (κ2) is 6.87. The van der Waals surface area contributed by atoms with Gasteiger partial charge in [-0.1, -0.05) is 6.92 Å². The van der Waals surface area contributed by atoms with Crippen LogP contribution < -0.4 is 11.4 Å². The zero-order chi connectivity index (χ0) is 15.3. The SMILES string of the molecule is CC1CC(CO)OC1n1ccc(N)nc1=O.O=C(O)O. The molecule has 0 aromatic carbocycles. The number of anilines is 1. The maximum absolute atomic E-state index is 11.6. The molecular formula is C11H17N3O6. The van der Waals surface area contributed by atoms with Crippen LogP contribution in [-0.4, -0.2) is 43.7 Å². The first-order valence-corrected chi connectivity index (χ1v) is 5.88. The highest BCUT2D eigenvalue weighted by molar-refractivity contribution is 5.53. The Balaban J connectivity index is 0.000000444. The summed E-state index contributed by atoms with van der Waals surface area (Å²) in [6.45, 7) is 1.95. The van der Waals surface area contributed by atoms with Gasteiger partial charge < -0.3 is 25.8 Å². The topological polar surface area (TPSA) is 148 Å². The minimum atomic E-state index is -1.83. The third-order valence-corrected chi connectivity index (χ3v) is 2.78. The predicted octanol–water partition coefficient (Wildman–Crippen LogP) is -0.0362. The smallest absolute Gasteiger partial charge is 0.450 e. The molecule has 1 fully saturated rings. The summed E-state index contributed by atoms with van der Waals surface area (Å²) in [7, 11) is 0. The van der Waals surface area contributed by atoms with Crippen molar-refractivity contribution in [2.45, 2.75) is 25.7 Å². The molecule has 0 amide bonds. The Hall–Kier alpha value is -2.13. The Kier molecular flexibility index (Phi) is 5.47. The van der Waals surface area contributed by atoms with E-state index in [1.54, 1.807) is 12.3 Å². The largest absolute Gasteiger partial charge is 0.503 e. The summed E-state index contributed by atoms with van der Waals surface area (Å²) < 4.78 is 6.98. The molecule has 2 rings (SSSR count). The van der Waals surface area contributed by atoms with E-state index in [0.717, 1.165) is 6.42 Å². The third kappa shape index (κ3) is 4.21. The molecule has 0 radical (unpaired) electrons. The predicted molar refractivity (Wildman–Crippen MR) is 68.3 cm³/mol. The summed E-state index contributed by atoms with van der Waals surface area (Å²) in [5.74, 6) is 0.367. The minimum absolute atomic E-state index is 0.0298. The molecule has 5 N–H and O–H groups in total. The average Bonchev–Trinajstić information content (AvgIpc) is 2.70. The molecule has 9 heteroatoms. The highest BCUT2D eigenvalue weighted by atomic mass is 16.6. The lowest BCUT2D eigenvalue weighted by Gasteiger charge is -2.17. The van der Waals surface area contributed by atoms with E-state index in [1.807, 2.05) is 6.92 Å². The van der Waals surface area contributed by atoms with Crippen molar-refractivity contribution in [3.63, 3.8) is 0 Å². The molecule has 3 atom stereocenters. The van der Waals surface area contributed by atoms with Crippen LogP contribution in [0.2, 0.25) is 0 Å². The van der Waals surface area contributed by atoms with Crippen molar-refractivity contribution < 1.29 is 24.9 Å². The Labute approximate surface area is 114 Å². The Morgan fingerprint density at radius 2 is 2.20 bits per heavy atom. The molecule has 1 saturated heterocycles. The van der Waals surface area contributed by atoms with E-state index in [4.69, 9.17) is 30.6 Å². The van der Waals surface area contributed by atoms with Gasteiger partial charge in [-0.15, -0.1) is 0 Å². The molecule has 1 aliphatic heterocycles. The van der Waals surface area contributed by atoms with Crippen LogP contribution in [0.15, 0.2) is 17.1 Å². The molecule has 20 heavy (non-hydrogen) atoms. The Bertz CT molecular complexity index is 513. The van der Waals surface area contributed by atoms with E-state index in [2.05, 4.69) is 4.98 Å². The van der Waals surface area contributed by atoms with Gasteiger partial charge in [-0.25, -0.2) is 9.59 Å². The summed E-state index contributed by atoms with van der Waals surface area (Å²) in [5, 5.41) is 23.0. The van der Waals surface area contributed by atoms with Crippen molar-refractivity contribution in [1.29, 1.82) is 0 Å². The van der Waals surface area contributed by atoms with Crippen LogP contribution in [-0.2, 0) is 4.74 Å². The first-order chi connectivity index (χ1) is 9.35. The summed E-state index contributed by atoms with van der Waals surface area (Å²) in [6, 6.07) is 1.56. The second-order valence-corrected chi connectivity index (χ2v) is 4.37. The number of ether oxygens (including phenoxy) is 1. The first-order valence-electron chi connectivity index (χ1n) is 5.88. The van der Waals surface area contributed by atoms with Gasteiger partial charge in [0.25, 0.3) is 0 Å². The standard InChI is InChI=1S/C10H15N3O3.CH2O3/c1-6-4-7(5-14)16-9(6)13-3-2-8(11)12-10(13)15;2-1(3)4/h2-3,6-7,9,14H,4-5H2,1H3,(H2,11,12,15);(H2,2,3,4). The molecule has 3 unspecified atom stereocenters. The van der Waals surface area contributed by atoms with Gasteiger partial charge in [0.15, 0.2) is 0 Å². The lowest BCUT2D eigenvalue weighted by Crippen LogP contribution is -2.29. The Morgan fingerprint density at radius 3 is 2.65 bits per heavy atom. The molecule has 112 valence electrons. The van der Waals surface area contributed by atoms with Gasteiger partial charge >= 0.3 is 11.8 Å². The van der Waals surface area contributed by atoms with Crippen LogP contribution in [0.1, 0.15) is 19.6 Å². The number of hydrogen-bond acceptors (Lipinski definition) is 6. The van der Waals surface area contributed by atoms with Gasteiger partial charge in [0.1, 0.15) is 12.0 Å². The number of carbonyl (C=O) groups is 1. The molecule has 0 aliphatic carbocycles. The van der Waals surface area contributed by atoms with E-state index < -0.39 is 11.8 Å². The first kappa shape index (κ1) is 15.9. The van der Waals surface area contributed by atoms with Gasteiger partial charge in [-0.05, 0) is 12.5 Å². The zero-order valence-corrected chi connectivity index (χ0v) is 10.8. The molecular weight excluding hydrogens is 270 g/mol. The highest BCUT2D eigenvalue weighted by Crippen LogP contribution is 2.32. The van der Waals surface area contributed by atoms with Gasteiger partial charge in [0, 0.05) is 12.1 Å². The van der Waals surface area contributed by atoms with Crippen LogP contribution >= 0.6 is 0 Å². The quantitative estimate of drug-likeness (QED) is 0.592. The molecule has 9 nitrogen and oxygen atoms in total. The number of aliphatic hydroxyl groups is 1. The molecule has 1 aromatic rings. The number of aromatic nitrogens is 2. The molecule has 2 heterocycles. The second-order valence-electron chi connectivity index (χ2n) is 4.37. The van der Waals surface area contributed by atoms with Gasteiger partial charge in [0.05, 0.1) is 12.7 Å². The number of nitrogen functional groups attached to an aromatic ring is 1. The zero-order valence-electron chi connectivity index (χ0n) is 10.8. The van der Waals surface area contributed by atoms with Crippen LogP contribution in [0, 0.1) is 5.92 Å². The molecule has 0 bridgehead atoms. The van der Waals surface area contributed by atoms with Crippen molar-refractivity contribution in [2.24, 2.45) is 5.92 Å². The molecule has 1 aromatic heterocycles. The van der Waals surface area contributed by atoms with Crippen molar-refractivity contribution in [1.82, 2.24) is 9.55 Å². The third-order valence-electron chi connectivity index (χ3n) is 2.78. The average molecular weight is 287 g/mol. The molecule has 0 spiro atoms. The van der Waals surface area contributed by atoms with E-state index in [9.17, 15) is 4.79 Å². The number of hydrogen-bond donors (Lipinski definition) is 4. The van der Waals surface area contributed by atoms with Gasteiger partial charge in [-0.2, -0.15) is 4.98 Å². The lowest BCUT2D eigenvalue weighted by atomic mass is 10.1. The minimum Gasteiger partial charge on any atom is -0.450 e. The van der Waals surface area contributed by atoms with Crippen LogP contribution in [0.4, 0.5) is 10.6 Å². The summed E-state index contributed by atoms with van der Waals surface area (Å²) in [6.07, 6.45) is -0.0916. The number of nitrogens with zero attached hydrogens (tertiary/aromatic N) is 2. The fourth-order valence-electron chi connectivity index (χ4n) is 1.99. The number of nitrogens with two attached hydrogens (primary N) is 1. The molecule has 1 aliphatic rings. The number of rotatable bonds is 2. The van der Waals surface area contributed by atoms with E-state index in [0.29, 0.717) is 0 Å². The van der Waals surface area contributed by atoms with E-state index in [1.165, 1.54) is 4.57 Å². The van der Waals surface area contributed by atoms with Crippen molar-refractivity contribution in [2.75, 3.05) is 12.3 Å². The lowest BCUT2D eigenvalue weighted by molar-refractivity contribution is -0.0335. The fourth-order valence-corrected chi connectivity index (χ4v) is 1.99. The van der Waals surface area contributed by atoms with Crippen LogP contribution in [0.3, 0.4) is 0 Å². The molecule has 0 saturated carbocycles. The fraction of sp³-hybridized carbons (Fsp3) is 0.545.